The molecule has 0 aliphatic heterocycles. The van der Waals surface area contributed by atoms with Crippen molar-refractivity contribution in [3.05, 3.63) is 34.6 Å². The predicted octanol–water partition coefficient (Wildman–Crippen LogP) is 3.42. The van der Waals surface area contributed by atoms with Gasteiger partial charge in [0.15, 0.2) is 0 Å². The van der Waals surface area contributed by atoms with Crippen LogP contribution in [0.3, 0.4) is 0 Å². The van der Waals surface area contributed by atoms with E-state index in [1.54, 1.807) is 0 Å². The largest absolute Gasteiger partial charge is 0.352 e. The number of hydrogen-bond acceptors (Lipinski definition) is 3. The Morgan fingerprint density at radius 2 is 1.89 bits per heavy atom. The van der Waals surface area contributed by atoms with Crippen molar-refractivity contribution in [2.24, 2.45) is 5.92 Å². The summed E-state index contributed by atoms with van der Waals surface area (Å²) in [6, 6.07) is 4.18. The van der Waals surface area contributed by atoms with Crippen molar-refractivity contribution in [2.75, 3.05) is 13.1 Å². The van der Waals surface area contributed by atoms with Gasteiger partial charge in [-0.25, -0.2) is 4.39 Å². The van der Waals surface area contributed by atoms with E-state index in [4.69, 9.17) is 11.6 Å². The van der Waals surface area contributed by atoms with Crippen molar-refractivity contribution in [3.63, 3.8) is 0 Å². The number of benzene rings is 1. The number of amides is 2. The molecule has 2 saturated carbocycles. The third kappa shape index (κ3) is 5.92. The lowest BCUT2D eigenvalue weighted by atomic mass is 9.78. The normalized spacial score (nSPS) is 23.5. The van der Waals surface area contributed by atoms with E-state index < -0.39 is 5.82 Å². The molecule has 2 fully saturated rings. The van der Waals surface area contributed by atoms with Gasteiger partial charge in [0.25, 0.3) is 5.91 Å². The van der Waals surface area contributed by atoms with Crippen LogP contribution in [-0.2, 0) is 4.79 Å². The van der Waals surface area contributed by atoms with E-state index in [1.807, 2.05) is 0 Å². The summed E-state index contributed by atoms with van der Waals surface area (Å²) >= 11 is 5.80. The van der Waals surface area contributed by atoms with E-state index in [9.17, 15) is 14.0 Å². The second-order valence-electron chi connectivity index (χ2n) is 8.43. The average molecular weight is 410 g/mol. The maximum atomic E-state index is 13.4. The molecule has 5 nitrogen and oxygen atoms in total. The van der Waals surface area contributed by atoms with Crippen LogP contribution < -0.4 is 16.0 Å². The SMILES string of the molecule is CC1(NC(=O)CNC2CCC(CNC(=O)c3cc(F)cc(Cl)c3)CC2)CCC1. The van der Waals surface area contributed by atoms with Gasteiger partial charge in [-0.05, 0) is 76.0 Å². The van der Waals surface area contributed by atoms with Gasteiger partial charge in [0.2, 0.25) is 5.91 Å². The van der Waals surface area contributed by atoms with Crippen LogP contribution in [0.4, 0.5) is 4.39 Å². The lowest BCUT2D eigenvalue weighted by molar-refractivity contribution is -0.123. The van der Waals surface area contributed by atoms with E-state index in [0.29, 0.717) is 25.0 Å². The molecular formula is C21H29ClFN3O2. The van der Waals surface area contributed by atoms with Gasteiger partial charge >= 0.3 is 0 Å². The van der Waals surface area contributed by atoms with Gasteiger partial charge in [0.05, 0.1) is 6.54 Å². The van der Waals surface area contributed by atoms with Crippen molar-refractivity contribution in [1.29, 1.82) is 0 Å². The minimum absolute atomic E-state index is 0.000523. The molecular weight excluding hydrogens is 381 g/mol. The number of carbonyl (C=O) groups excluding carboxylic acids is 2. The second kappa shape index (κ2) is 9.23. The Bertz CT molecular complexity index is 695. The van der Waals surface area contributed by atoms with Crippen LogP contribution in [-0.4, -0.2) is 36.5 Å². The standard InChI is InChI=1S/C21H29ClFN3O2/c1-21(7-2-8-21)26-19(27)13-24-18-5-3-14(4-6-18)12-25-20(28)15-9-16(22)11-17(23)10-15/h9-11,14,18,24H,2-8,12-13H2,1H3,(H,25,28)(H,26,27). The fraction of sp³-hybridized carbons (Fsp3) is 0.619. The molecule has 28 heavy (non-hydrogen) atoms. The first-order valence-corrected chi connectivity index (χ1v) is 10.5. The lowest BCUT2D eigenvalue weighted by Crippen LogP contribution is -2.53. The highest BCUT2D eigenvalue weighted by Gasteiger charge is 2.33. The quantitative estimate of drug-likeness (QED) is 0.646. The zero-order chi connectivity index (χ0) is 20.1. The molecule has 0 radical (unpaired) electrons. The number of nitrogens with one attached hydrogen (secondary N) is 3. The van der Waals surface area contributed by atoms with Crippen LogP contribution in [0, 0.1) is 11.7 Å². The zero-order valence-electron chi connectivity index (χ0n) is 16.3. The Morgan fingerprint density at radius 3 is 2.50 bits per heavy atom. The highest BCUT2D eigenvalue weighted by Crippen LogP contribution is 2.30. The minimum Gasteiger partial charge on any atom is -0.352 e. The summed E-state index contributed by atoms with van der Waals surface area (Å²) in [5.41, 5.74) is 0.243. The Labute approximate surface area is 170 Å². The molecule has 3 N–H and O–H groups in total. The van der Waals surface area contributed by atoms with Gasteiger partial charge in [0.1, 0.15) is 5.82 Å². The predicted molar refractivity (Wildman–Crippen MR) is 108 cm³/mol. The molecule has 0 atom stereocenters. The monoisotopic (exact) mass is 409 g/mol. The van der Waals surface area contributed by atoms with Crippen LogP contribution in [0.1, 0.15) is 62.2 Å². The van der Waals surface area contributed by atoms with E-state index >= 15 is 0 Å². The molecule has 0 unspecified atom stereocenters. The summed E-state index contributed by atoms with van der Waals surface area (Å²) in [6.45, 7) is 3.03. The van der Waals surface area contributed by atoms with E-state index in [0.717, 1.165) is 38.5 Å². The maximum Gasteiger partial charge on any atom is 0.251 e. The topological polar surface area (TPSA) is 70.2 Å². The highest BCUT2D eigenvalue weighted by atomic mass is 35.5. The molecule has 0 saturated heterocycles. The molecule has 0 spiro atoms. The molecule has 2 amide bonds. The van der Waals surface area contributed by atoms with Gasteiger partial charge in [-0.15, -0.1) is 0 Å². The fourth-order valence-corrected chi connectivity index (χ4v) is 4.27. The van der Waals surface area contributed by atoms with Crippen molar-refractivity contribution in [1.82, 2.24) is 16.0 Å². The smallest absolute Gasteiger partial charge is 0.251 e. The highest BCUT2D eigenvalue weighted by molar-refractivity contribution is 6.31. The van der Waals surface area contributed by atoms with Crippen molar-refractivity contribution >= 4 is 23.4 Å². The first-order chi connectivity index (χ1) is 13.3. The van der Waals surface area contributed by atoms with Crippen LogP contribution in [0.15, 0.2) is 18.2 Å². The molecule has 0 heterocycles. The summed E-state index contributed by atoms with van der Waals surface area (Å²) in [4.78, 5) is 24.2. The van der Waals surface area contributed by atoms with Crippen molar-refractivity contribution in [2.45, 2.75) is 63.5 Å². The first kappa shape index (κ1) is 21.1. The third-order valence-corrected chi connectivity index (χ3v) is 6.19. The van der Waals surface area contributed by atoms with Crippen molar-refractivity contribution in [3.8, 4) is 0 Å². The van der Waals surface area contributed by atoms with Gasteiger partial charge < -0.3 is 16.0 Å². The number of carbonyl (C=O) groups is 2. The Morgan fingerprint density at radius 1 is 1.18 bits per heavy atom. The lowest BCUT2D eigenvalue weighted by Gasteiger charge is -2.39. The molecule has 0 aromatic heterocycles. The second-order valence-corrected chi connectivity index (χ2v) is 8.87. The molecule has 7 heteroatoms. The minimum atomic E-state index is -0.514. The van der Waals surface area contributed by atoms with Gasteiger partial charge in [-0.1, -0.05) is 11.6 Å². The van der Waals surface area contributed by atoms with Crippen molar-refractivity contribution < 1.29 is 14.0 Å². The summed E-state index contributed by atoms with van der Waals surface area (Å²) in [7, 11) is 0. The molecule has 154 valence electrons. The fourth-order valence-electron chi connectivity index (χ4n) is 4.04. The third-order valence-electron chi connectivity index (χ3n) is 5.97. The van der Waals surface area contributed by atoms with Crippen LogP contribution in [0.5, 0.6) is 0 Å². The van der Waals surface area contributed by atoms with Crippen LogP contribution >= 0.6 is 11.6 Å². The van der Waals surface area contributed by atoms with E-state index in [-0.39, 0.29) is 27.9 Å². The number of rotatable bonds is 7. The molecule has 2 aliphatic carbocycles. The summed E-state index contributed by atoms with van der Waals surface area (Å²) in [5.74, 6) is -0.346. The van der Waals surface area contributed by atoms with Gasteiger partial charge in [0, 0.05) is 28.7 Å². The number of halogens is 2. The van der Waals surface area contributed by atoms with Crippen LogP contribution in [0.2, 0.25) is 5.02 Å². The Kier molecular flexibility index (Phi) is 6.94. The Balaban J connectivity index is 1.33. The molecule has 0 bridgehead atoms. The van der Waals surface area contributed by atoms with Gasteiger partial charge in [-0.2, -0.15) is 0 Å². The van der Waals surface area contributed by atoms with E-state index in [1.165, 1.54) is 24.6 Å². The molecule has 2 aliphatic rings. The molecule has 1 aromatic carbocycles. The maximum absolute atomic E-state index is 13.4. The van der Waals surface area contributed by atoms with E-state index in [2.05, 4.69) is 22.9 Å². The molecule has 1 aromatic rings. The van der Waals surface area contributed by atoms with Gasteiger partial charge in [-0.3, -0.25) is 9.59 Å². The summed E-state index contributed by atoms with van der Waals surface area (Å²) in [5, 5.41) is 9.57. The Hall–Kier alpha value is -1.66. The van der Waals surface area contributed by atoms with Crippen LogP contribution in [0.25, 0.3) is 0 Å². The molecule has 3 rings (SSSR count). The number of hydrogen-bond donors (Lipinski definition) is 3. The average Bonchev–Trinajstić information content (AvgIpc) is 2.63. The first-order valence-electron chi connectivity index (χ1n) is 10.1. The zero-order valence-corrected chi connectivity index (χ0v) is 17.1. The summed E-state index contributed by atoms with van der Waals surface area (Å²) < 4.78 is 13.4. The summed E-state index contributed by atoms with van der Waals surface area (Å²) in [6.07, 6.45) is 7.27.